The van der Waals surface area contributed by atoms with Crippen LogP contribution in [-0.2, 0) is 6.42 Å². The van der Waals surface area contributed by atoms with Gasteiger partial charge in [0.1, 0.15) is 5.82 Å². The fraction of sp³-hybridized carbons (Fsp3) is 0.429. The first-order valence-electron chi connectivity index (χ1n) is 6.17. The molecule has 1 heterocycles. The van der Waals surface area contributed by atoms with Gasteiger partial charge in [-0.05, 0) is 45.2 Å². The Balaban J connectivity index is 2.00. The molecule has 0 bridgehead atoms. The van der Waals surface area contributed by atoms with E-state index in [1.807, 2.05) is 6.92 Å². The summed E-state index contributed by atoms with van der Waals surface area (Å²) in [4.78, 5) is 4.33. The number of rotatable bonds is 4. The molecular formula is C14H19N3S. The Morgan fingerprint density at radius 3 is 2.67 bits per heavy atom. The lowest BCUT2D eigenvalue weighted by atomic mass is 10.00. The van der Waals surface area contributed by atoms with Crippen LogP contribution >= 0.6 is 11.5 Å². The predicted octanol–water partition coefficient (Wildman–Crippen LogP) is 3.51. The normalized spacial score (nSPS) is 12.4. The van der Waals surface area contributed by atoms with Crippen molar-refractivity contribution < 1.29 is 0 Å². The molecule has 18 heavy (non-hydrogen) atoms. The van der Waals surface area contributed by atoms with Crippen molar-refractivity contribution in [3.8, 4) is 0 Å². The summed E-state index contributed by atoms with van der Waals surface area (Å²) >= 11 is 1.42. The SMILES string of the molecule is Cc1ccc(CC(C)Nc2nc(C)ns2)c(C)c1. The van der Waals surface area contributed by atoms with Crippen molar-refractivity contribution >= 4 is 16.7 Å². The third-order valence-corrected chi connectivity index (χ3v) is 3.66. The van der Waals surface area contributed by atoms with E-state index >= 15 is 0 Å². The van der Waals surface area contributed by atoms with Gasteiger partial charge < -0.3 is 5.32 Å². The van der Waals surface area contributed by atoms with Crippen molar-refractivity contribution in [2.75, 3.05) is 5.32 Å². The maximum Gasteiger partial charge on any atom is 0.202 e. The highest BCUT2D eigenvalue weighted by atomic mass is 32.1. The highest BCUT2D eigenvalue weighted by Crippen LogP contribution is 2.16. The largest absolute Gasteiger partial charge is 0.357 e. The van der Waals surface area contributed by atoms with E-state index in [0.717, 1.165) is 17.4 Å². The molecule has 1 atom stereocenters. The van der Waals surface area contributed by atoms with E-state index in [-0.39, 0.29) is 0 Å². The van der Waals surface area contributed by atoms with Gasteiger partial charge in [0.15, 0.2) is 0 Å². The van der Waals surface area contributed by atoms with Crippen LogP contribution in [0.2, 0.25) is 0 Å². The van der Waals surface area contributed by atoms with Crippen molar-refractivity contribution in [2.24, 2.45) is 0 Å². The minimum atomic E-state index is 0.360. The van der Waals surface area contributed by atoms with Gasteiger partial charge in [0, 0.05) is 17.6 Å². The van der Waals surface area contributed by atoms with Gasteiger partial charge in [0.2, 0.25) is 5.13 Å². The molecule has 2 aromatic rings. The molecule has 1 aromatic carbocycles. The zero-order chi connectivity index (χ0) is 13.1. The first kappa shape index (κ1) is 13.0. The van der Waals surface area contributed by atoms with Gasteiger partial charge in [-0.1, -0.05) is 23.8 Å². The van der Waals surface area contributed by atoms with Gasteiger partial charge in [-0.3, -0.25) is 0 Å². The average molecular weight is 261 g/mol. The van der Waals surface area contributed by atoms with E-state index in [1.54, 1.807) is 0 Å². The van der Waals surface area contributed by atoms with Gasteiger partial charge in [0.25, 0.3) is 0 Å². The fourth-order valence-corrected chi connectivity index (χ4v) is 2.71. The number of nitrogens with one attached hydrogen (secondary N) is 1. The van der Waals surface area contributed by atoms with Crippen molar-refractivity contribution in [1.82, 2.24) is 9.36 Å². The van der Waals surface area contributed by atoms with Crippen molar-refractivity contribution in [3.63, 3.8) is 0 Å². The van der Waals surface area contributed by atoms with E-state index in [4.69, 9.17) is 0 Å². The molecule has 2 rings (SSSR count). The van der Waals surface area contributed by atoms with E-state index < -0.39 is 0 Å². The highest BCUT2D eigenvalue weighted by molar-refractivity contribution is 7.09. The lowest BCUT2D eigenvalue weighted by Gasteiger charge is -2.14. The Labute approximate surface area is 112 Å². The number of hydrogen-bond acceptors (Lipinski definition) is 4. The first-order valence-corrected chi connectivity index (χ1v) is 6.95. The Morgan fingerprint density at radius 2 is 2.06 bits per heavy atom. The number of hydrogen-bond donors (Lipinski definition) is 1. The van der Waals surface area contributed by atoms with Crippen LogP contribution in [0.3, 0.4) is 0 Å². The van der Waals surface area contributed by atoms with Crippen LogP contribution in [0.25, 0.3) is 0 Å². The third kappa shape index (κ3) is 3.29. The Morgan fingerprint density at radius 1 is 1.28 bits per heavy atom. The van der Waals surface area contributed by atoms with E-state index in [1.165, 1.54) is 28.2 Å². The van der Waals surface area contributed by atoms with Crippen molar-refractivity contribution in [3.05, 3.63) is 40.7 Å². The molecule has 0 radical (unpaired) electrons. The molecule has 0 aliphatic carbocycles. The van der Waals surface area contributed by atoms with Crippen LogP contribution in [0, 0.1) is 20.8 Å². The van der Waals surface area contributed by atoms with Crippen LogP contribution in [-0.4, -0.2) is 15.4 Å². The quantitative estimate of drug-likeness (QED) is 0.915. The summed E-state index contributed by atoms with van der Waals surface area (Å²) in [6.45, 7) is 8.39. The predicted molar refractivity (Wildman–Crippen MR) is 77.4 cm³/mol. The zero-order valence-electron chi connectivity index (χ0n) is 11.3. The number of aromatic nitrogens is 2. The molecule has 0 amide bonds. The van der Waals surface area contributed by atoms with Crippen LogP contribution in [0.1, 0.15) is 29.4 Å². The van der Waals surface area contributed by atoms with Crippen LogP contribution in [0.4, 0.5) is 5.13 Å². The molecule has 0 aliphatic heterocycles. The Kier molecular flexibility index (Phi) is 3.97. The standard InChI is InChI=1S/C14H19N3S/c1-9-5-6-13(10(2)7-9)8-11(3)15-14-16-12(4)17-18-14/h5-7,11H,8H2,1-4H3,(H,15,16,17). The van der Waals surface area contributed by atoms with Crippen LogP contribution < -0.4 is 5.32 Å². The molecule has 1 N–H and O–H groups in total. The van der Waals surface area contributed by atoms with E-state index in [0.29, 0.717) is 6.04 Å². The van der Waals surface area contributed by atoms with E-state index in [9.17, 15) is 0 Å². The molecule has 0 spiro atoms. The average Bonchev–Trinajstić information content (AvgIpc) is 2.68. The molecule has 96 valence electrons. The Bertz CT molecular complexity index is 534. The molecule has 1 aromatic heterocycles. The topological polar surface area (TPSA) is 37.8 Å². The maximum absolute atomic E-state index is 4.33. The number of benzene rings is 1. The lowest BCUT2D eigenvalue weighted by Crippen LogP contribution is -2.18. The maximum atomic E-state index is 4.33. The number of aryl methyl sites for hydroxylation is 3. The summed E-state index contributed by atoms with van der Waals surface area (Å²) in [6, 6.07) is 6.98. The van der Waals surface area contributed by atoms with Gasteiger partial charge >= 0.3 is 0 Å². The summed E-state index contributed by atoms with van der Waals surface area (Å²) in [6.07, 6.45) is 1.00. The fourth-order valence-electron chi connectivity index (χ4n) is 2.02. The van der Waals surface area contributed by atoms with Crippen LogP contribution in [0.5, 0.6) is 0 Å². The van der Waals surface area contributed by atoms with Gasteiger partial charge in [0.05, 0.1) is 0 Å². The third-order valence-electron chi connectivity index (χ3n) is 2.92. The molecule has 0 fully saturated rings. The molecule has 1 unspecified atom stereocenters. The summed E-state index contributed by atoms with van der Waals surface area (Å²) in [7, 11) is 0. The second-order valence-corrected chi connectivity index (χ2v) is 5.58. The van der Waals surface area contributed by atoms with Gasteiger partial charge in [-0.15, -0.1) is 0 Å². The first-order chi connectivity index (χ1) is 8.54. The summed E-state index contributed by atoms with van der Waals surface area (Å²) < 4.78 is 4.17. The number of anilines is 1. The summed E-state index contributed by atoms with van der Waals surface area (Å²) in [5, 5.41) is 4.31. The minimum absolute atomic E-state index is 0.360. The van der Waals surface area contributed by atoms with Gasteiger partial charge in [-0.25, -0.2) is 4.98 Å². The summed E-state index contributed by atoms with van der Waals surface area (Å²) in [5.74, 6) is 0.834. The second kappa shape index (κ2) is 5.48. The van der Waals surface area contributed by atoms with Crippen molar-refractivity contribution in [1.29, 1.82) is 0 Å². The monoisotopic (exact) mass is 261 g/mol. The molecule has 3 nitrogen and oxygen atoms in total. The molecule has 0 saturated carbocycles. The number of nitrogens with zero attached hydrogens (tertiary/aromatic N) is 2. The minimum Gasteiger partial charge on any atom is -0.357 e. The van der Waals surface area contributed by atoms with E-state index in [2.05, 4.69) is 53.6 Å². The zero-order valence-corrected chi connectivity index (χ0v) is 12.1. The second-order valence-electron chi connectivity index (χ2n) is 4.83. The lowest BCUT2D eigenvalue weighted by molar-refractivity contribution is 0.783. The summed E-state index contributed by atoms with van der Waals surface area (Å²) in [5.41, 5.74) is 4.07. The van der Waals surface area contributed by atoms with Gasteiger partial charge in [-0.2, -0.15) is 4.37 Å². The molecule has 0 aliphatic rings. The van der Waals surface area contributed by atoms with Crippen molar-refractivity contribution in [2.45, 2.75) is 40.2 Å². The Hall–Kier alpha value is -1.42. The van der Waals surface area contributed by atoms with Crippen LogP contribution in [0.15, 0.2) is 18.2 Å². The molecule has 0 saturated heterocycles. The molecule has 4 heteroatoms. The highest BCUT2D eigenvalue weighted by Gasteiger charge is 2.08. The smallest absolute Gasteiger partial charge is 0.202 e. The molecular weight excluding hydrogens is 242 g/mol.